The highest BCUT2D eigenvalue weighted by atomic mass is 35.5. The number of nitrogens with one attached hydrogen (secondary N) is 1. The zero-order chi connectivity index (χ0) is 11.6. The van der Waals surface area contributed by atoms with Crippen LogP contribution in [-0.2, 0) is 17.7 Å². The molecular weight excluding hydrogens is 222 g/mol. The van der Waals surface area contributed by atoms with Gasteiger partial charge in [0.15, 0.2) is 0 Å². The van der Waals surface area contributed by atoms with Crippen molar-refractivity contribution in [1.82, 2.24) is 5.32 Å². The molecule has 1 rings (SSSR count). The second kappa shape index (κ2) is 8.57. The molecule has 0 atom stereocenters. The van der Waals surface area contributed by atoms with Crippen LogP contribution in [0.5, 0.6) is 0 Å². The standard InChI is InChI=1S/C13H20ClNO/c1-2-12-3-5-13(6-4-12)11-15-8-10-16-9-7-14/h3-6,15H,2,7-11H2,1H3. The van der Waals surface area contributed by atoms with Gasteiger partial charge in [0.2, 0.25) is 0 Å². The number of hydrogen-bond acceptors (Lipinski definition) is 2. The van der Waals surface area contributed by atoms with Gasteiger partial charge in [-0.2, -0.15) is 0 Å². The van der Waals surface area contributed by atoms with Gasteiger partial charge in [0.1, 0.15) is 0 Å². The molecule has 0 aliphatic rings. The van der Waals surface area contributed by atoms with Gasteiger partial charge in [0.25, 0.3) is 0 Å². The van der Waals surface area contributed by atoms with Crippen LogP contribution in [0.3, 0.4) is 0 Å². The maximum absolute atomic E-state index is 5.49. The lowest BCUT2D eigenvalue weighted by molar-refractivity contribution is 0.151. The molecular formula is C13H20ClNO. The first-order chi connectivity index (χ1) is 7.86. The minimum atomic E-state index is 0.568. The van der Waals surface area contributed by atoms with Gasteiger partial charge in [-0.25, -0.2) is 0 Å². The van der Waals surface area contributed by atoms with Crippen LogP contribution in [0.4, 0.5) is 0 Å². The number of halogens is 1. The Morgan fingerprint density at radius 2 is 1.81 bits per heavy atom. The van der Waals surface area contributed by atoms with E-state index in [1.54, 1.807) is 0 Å². The van der Waals surface area contributed by atoms with Crippen LogP contribution in [0.2, 0.25) is 0 Å². The second-order valence-corrected chi connectivity index (χ2v) is 4.03. The summed E-state index contributed by atoms with van der Waals surface area (Å²) in [7, 11) is 0. The monoisotopic (exact) mass is 241 g/mol. The topological polar surface area (TPSA) is 21.3 Å². The second-order valence-electron chi connectivity index (χ2n) is 3.65. The fraction of sp³-hybridized carbons (Fsp3) is 0.538. The molecule has 1 aromatic carbocycles. The van der Waals surface area contributed by atoms with Crippen molar-refractivity contribution >= 4 is 11.6 Å². The van der Waals surface area contributed by atoms with Crippen LogP contribution in [-0.4, -0.2) is 25.6 Å². The molecule has 1 N–H and O–H groups in total. The van der Waals surface area contributed by atoms with E-state index < -0.39 is 0 Å². The molecule has 1 aromatic rings. The number of alkyl halides is 1. The van der Waals surface area contributed by atoms with E-state index >= 15 is 0 Å². The Morgan fingerprint density at radius 1 is 1.12 bits per heavy atom. The van der Waals surface area contributed by atoms with Crippen molar-refractivity contribution in [2.45, 2.75) is 19.9 Å². The zero-order valence-corrected chi connectivity index (χ0v) is 10.6. The molecule has 0 saturated carbocycles. The van der Waals surface area contributed by atoms with E-state index in [0.29, 0.717) is 12.5 Å². The fourth-order valence-corrected chi connectivity index (χ4v) is 1.54. The summed E-state index contributed by atoms with van der Waals surface area (Å²) in [6, 6.07) is 8.71. The van der Waals surface area contributed by atoms with E-state index in [4.69, 9.17) is 16.3 Å². The molecule has 0 aromatic heterocycles. The summed E-state index contributed by atoms with van der Waals surface area (Å²) in [5, 5.41) is 3.33. The van der Waals surface area contributed by atoms with Crippen LogP contribution in [0, 0.1) is 0 Å². The van der Waals surface area contributed by atoms with Crippen molar-refractivity contribution in [2.75, 3.05) is 25.6 Å². The first-order valence-corrected chi connectivity index (χ1v) is 6.32. The predicted octanol–water partition coefficient (Wildman–Crippen LogP) is 2.59. The molecule has 0 aliphatic carbocycles. The Bertz CT molecular complexity index is 274. The van der Waals surface area contributed by atoms with E-state index in [1.165, 1.54) is 11.1 Å². The number of benzene rings is 1. The highest BCUT2D eigenvalue weighted by Gasteiger charge is 1.93. The molecule has 2 nitrogen and oxygen atoms in total. The van der Waals surface area contributed by atoms with Gasteiger partial charge in [-0.15, -0.1) is 11.6 Å². The molecule has 0 saturated heterocycles. The van der Waals surface area contributed by atoms with E-state index in [0.717, 1.165) is 26.1 Å². The lowest BCUT2D eigenvalue weighted by Gasteiger charge is -2.06. The van der Waals surface area contributed by atoms with Gasteiger partial charge >= 0.3 is 0 Å². The van der Waals surface area contributed by atoms with Crippen molar-refractivity contribution in [3.8, 4) is 0 Å². The lowest BCUT2D eigenvalue weighted by Crippen LogP contribution is -2.19. The van der Waals surface area contributed by atoms with Crippen LogP contribution >= 0.6 is 11.6 Å². The number of rotatable bonds is 8. The quantitative estimate of drug-likeness (QED) is 0.558. The maximum atomic E-state index is 5.49. The molecule has 0 spiro atoms. The summed E-state index contributed by atoms with van der Waals surface area (Å²) in [6.07, 6.45) is 1.10. The third-order valence-corrected chi connectivity index (χ3v) is 2.56. The van der Waals surface area contributed by atoms with E-state index in [9.17, 15) is 0 Å². The molecule has 3 heteroatoms. The molecule has 0 unspecified atom stereocenters. The Hall–Kier alpha value is -0.570. The first kappa shape index (κ1) is 13.5. The summed E-state index contributed by atoms with van der Waals surface area (Å²) in [5.74, 6) is 0.568. The minimum absolute atomic E-state index is 0.568. The number of aryl methyl sites for hydroxylation is 1. The minimum Gasteiger partial charge on any atom is -0.379 e. The smallest absolute Gasteiger partial charge is 0.0602 e. The van der Waals surface area contributed by atoms with Gasteiger partial charge in [-0.3, -0.25) is 0 Å². The van der Waals surface area contributed by atoms with Crippen LogP contribution in [0.25, 0.3) is 0 Å². The van der Waals surface area contributed by atoms with Crippen molar-refractivity contribution < 1.29 is 4.74 Å². The molecule has 0 fully saturated rings. The van der Waals surface area contributed by atoms with Crippen molar-refractivity contribution in [2.24, 2.45) is 0 Å². The van der Waals surface area contributed by atoms with Gasteiger partial charge in [0, 0.05) is 19.0 Å². The largest absolute Gasteiger partial charge is 0.379 e. The molecule has 0 heterocycles. The van der Waals surface area contributed by atoms with Crippen molar-refractivity contribution in [3.63, 3.8) is 0 Å². The average Bonchev–Trinajstić information content (AvgIpc) is 2.34. The Balaban J connectivity index is 2.12. The summed E-state index contributed by atoms with van der Waals surface area (Å²) in [4.78, 5) is 0. The SMILES string of the molecule is CCc1ccc(CNCCOCCCl)cc1. The Labute approximate surface area is 103 Å². The first-order valence-electron chi connectivity index (χ1n) is 5.79. The van der Waals surface area contributed by atoms with Crippen molar-refractivity contribution in [1.29, 1.82) is 0 Å². The van der Waals surface area contributed by atoms with Gasteiger partial charge < -0.3 is 10.1 Å². The normalized spacial score (nSPS) is 10.6. The summed E-state index contributed by atoms with van der Waals surface area (Å²) in [5.41, 5.74) is 2.70. The summed E-state index contributed by atoms with van der Waals surface area (Å²) in [6.45, 7) is 5.29. The van der Waals surface area contributed by atoms with E-state index in [1.807, 2.05) is 0 Å². The molecule has 0 bridgehead atoms. The summed E-state index contributed by atoms with van der Waals surface area (Å²) >= 11 is 5.49. The summed E-state index contributed by atoms with van der Waals surface area (Å²) < 4.78 is 5.26. The van der Waals surface area contributed by atoms with Crippen molar-refractivity contribution in [3.05, 3.63) is 35.4 Å². The Morgan fingerprint density at radius 3 is 2.44 bits per heavy atom. The third-order valence-electron chi connectivity index (χ3n) is 2.41. The van der Waals surface area contributed by atoms with E-state index in [-0.39, 0.29) is 0 Å². The maximum Gasteiger partial charge on any atom is 0.0602 e. The fourth-order valence-electron chi connectivity index (χ4n) is 1.43. The predicted molar refractivity (Wildman–Crippen MR) is 69.1 cm³/mol. The van der Waals surface area contributed by atoms with Gasteiger partial charge in [0.05, 0.1) is 13.2 Å². The Kier molecular flexibility index (Phi) is 7.23. The molecule has 90 valence electrons. The number of ether oxygens (including phenoxy) is 1. The van der Waals surface area contributed by atoms with Crippen LogP contribution in [0.1, 0.15) is 18.1 Å². The van der Waals surface area contributed by atoms with E-state index in [2.05, 4.69) is 36.5 Å². The molecule has 0 aliphatic heterocycles. The molecule has 0 amide bonds. The highest BCUT2D eigenvalue weighted by molar-refractivity contribution is 6.17. The lowest BCUT2D eigenvalue weighted by atomic mass is 10.1. The third kappa shape index (κ3) is 5.50. The number of hydrogen-bond donors (Lipinski definition) is 1. The molecule has 0 radical (unpaired) electrons. The highest BCUT2D eigenvalue weighted by Crippen LogP contribution is 2.04. The van der Waals surface area contributed by atoms with Gasteiger partial charge in [-0.05, 0) is 17.5 Å². The van der Waals surface area contributed by atoms with Crippen LogP contribution < -0.4 is 5.32 Å². The molecule has 16 heavy (non-hydrogen) atoms. The average molecular weight is 242 g/mol. The zero-order valence-electron chi connectivity index (χ0n) is 9.84. The van der Waals surface area contributed by atoms with Gasteiger partial charge in [-0.1, -0.05) is 31.2 Å². The van der Waals surface area contributed by atoms with Crippen LogP contribution in [0.15, 0.2) is 24.3 Å².